The van der Waals surface area contributed by atoms with Crippen molar-refractivity contribution in [3.05, 3.63) is 34.1 Å². The number of hydrogen-bond donors (Lipinski definition) is 1. The summed E-state index contributed by atoms with van der Waals surface area (Å²) in [6.45, 7) is 0. The van der Waals surface area contributed by atoms with E-state index in [4.69, 9.17) is 0 Å². The molecule has 0 amide bonds. The zero-order chi connectivity index (χ0) is 11.3. The van der Waals surface area contributed by atoms with Crippen molar-refractivity contribution in [3.63, 3.8) is 0 Å². The second kappa shape index (κ2) is 3.54. The Morgan fingerprint density at radius 3 is 2.50 bits per heavy atom. The third-order valence-electron chi connectivity index (χ3n) is 4.15. The highest BCUT2D eigenvalue weighted by Crippen LogP contribution is 2.65. The molecular formula is C13H14BrFO. The quantitative estimate of drug-likeness (QED) is 0.836. The van der Waals surface area contributed by atoms with Crippen LogP contribution in [-0.4, -0.2) is 5.11 Å². The van der Waals surface area contributed by atoms with Gasteiger partial charge in [-0.15, -0.1) is 0 Å². The van der Waals surface area contributed by atoms with Gasteiger partial charge in [-0.25, -0.2) is 4.39 Å². The van der Waals surface area contributed by atoms with E-state index in [0.29, 0.717) is 11.8 Å². The van der Waals surface area contributed by atoms with E-state index in [2.05, 4.69) is 15.9 Å². The van der Waals surface area contributed by atoms with Crippen LogP contribution in [0.25, 0.3) is 0 Å². The van der Waals surface area contributed by atoms with Gasteiger partial charge in [-0.3, -0.25) is 0 Å². The lowest BCUT2D eigenvalue weighted by Gasteiger charge is -2.13. The summed E-state index contributed by atoms with van der Waals surface area (Å²) in [4.78, 5) is 0. The maximum Gasteiger partial charge on any atom is 0.123 e. The van der Waals surface area contributed by atoms with Gasteiger partial charge >= 0.3 is 0 Å². The maximum atomic E-state index is 13.3. The average molecular weight is 285 g/mol. The molecule has 1 aromatic carbocycles. The van der Waals surface area contributed by atoms with Crippen LogP contribution in [0.2, 0.25) is 0 Å². The first kappa shape index (κ1) is 10.7. The van der Waals surface area contributed by atoms with Crippen molar-refractivity contribution in [1.82, 2.24) is 0 Å². The molecule has 2 atom stereocenters. The molecule has 3 heteroatoms. The second-order valence-corrected chi connectivity index (χ2v) is 5.80. The van der Waals surface area contributed by atoms with Crippen molar-refractivity contribution < 1.29 is 9.50 Å². The van der Waals surface area contributed by atoms with E-state index in [0.717, 1.165) is 22.9 Å². The van der Waals surface area contributed by atoms with Crippen LogP contribution < -0.4 is 0 Å². The monoisotopic (exact) mass is 284 g/mol. The molecular weight excluding hydrogens is 271 g/mol. The molecule has 2 aliphatic carbocycles. The molecule has 2 aliphatic rings. The van der Waals surface area contributed by atoms with Crippen LogP contribution in [0.4, 0.5) is 4.39 Å². The standard InChI is InChI=1S/C13H14BrFO/c14-12-6-5-8(15)7-11(12)13(16)9-3-1-2-4-10(9)13/h5-7,9-10,16H,1-4H2. The molecule has 0 heterocycles. The molecule has 0 spiro atoms. The third kappa shape index (κ3) is 1.37. The normalized spacial score (nSPS) is 36.9. The van der Waals surface area contributed by atoms with E-state index in [-0.39, 0.29) is 5.82 Å². The molecule has 0 bridgehead atoms. The summed E-state index contributed by atoms with van der Waals surface area (Å²) >= 11 is 3.41. The highest BCUT2D eigenvalue weighted by molar-refractivity contribution is 9.10. The van der Waals surface area contributed by atoms with Crippen molar-refractivity contribution in [2.45, 2.75) is 31.3 Å². The first-order valence-corrected chi connectivity index (χ1v) is 6.61. The van der Waals surface area contributed by atoms with Crippen molar-refractivity contribution in [2.24, 2.45) is 11.8 Å². The first-order valence-electron chi connectivity index (χ1n) is 5.82. The fourth-order valence-electron chi connectivity index (χ4n) is 3.30. The molecule has 2 saturated carbocycles. The minimum absolute atomic E-state index is 0.268. The molecule has 86 valence electrons. The van der Waals surface area contributed by atoms with Crippen LogP contribution in [0.5, 0.6) is 0 Å². The number of aliphatic hydroxyl groups is 1. The van der Waals surface area contributed by atoms with Gasteiger partial charge in [0.2, 0.25) is 0 Å². The van der Waals surface area contributed by atoms with Crippen LogP contribution in [0.15, 0.2) is 22.7 Å². The van der Waals surface area contributed by atoms with Gasteiger partial charge in [0.05, 0.1) is 5.60 Å². The van der Waals surface area contributed by atoms with Crippen LogP contribution in [0, 0.1) is 17.7 Å². The number of fused-ring (bicyclic) bond motifs is 1. The predicted molar refractivity (Wildman–Crippen MR) is 63.4 cm³/mol. The van der Waals surface area contributed by atoms with E-state index in [1.165, 1.54) is 25.0 Å². The van der Waals surface area contributed by atoms with Crippen LogP contribution in [-0.2, 0) is 5.60 Å². The second-order valence-electron chi connectivity index (χ2n) is 4.95. The zero-order valence-corrected chi connectivity index (χ0v) is 10.5. The van der Waals surface area contributed by atoms with E-state index in [1.807, 2.05) is 0 Å². The van der Waals surface area contributed by atoms with E-state index in [1.54, 1.807) is 6.07 Å². The lowest BCUT2D eigenvalue weighted by atomic mass is 10.0. The Kier molecular flexibility index (Phi) is 2.37. The summed E-state index contributed by atoms with van der Waals surface area (Å²) in [7, 11) is 0. The number of benzene rings is 1. The van der Waals surface area contributed by atoms with Crippen molar-refractivity contribution >= 4 is 15.9 Å². The van der Waals surface area contributed by atoms with Gasteiger partial charge in [-0.1, -0.05) is 28.8 Å². The molecule has 1 aromatic rings. The van der Waals surface area contributed by atoms with E-state index in [9.17, 15) is 9.50 Å². The molecule has 0 aliphatic heterocycles. The summed E-state index contributed by atoms with van der Waals surface area (Å²) in [6, 6.07) is 4.58. The van der Waals surface area contributed by atoms with Crippen LogP contribution >= 0.6 is 15.9 Å². The topological polar surface area (TPSA) is 20.2 Å². The molecule has 16 heavy (non-hydrogen) atoms. The highest BCUT2D eigenvalue weighted by Gasteiger charge is 2.65. The number of halogens is 2. The zero-order valence-electron chi connectivity index (χ0n) is 8.92. The Hall–Kier alpha value is -0.410. The summed E-state index contributed by atoms with van der Waals surface area (Å²) in [5, 5.41) is 10.7. The van der Waals surface area contributed by atoms with Crippen molar-refractivity contribution in [1.29, 1.82) is 0 Å². The van der Waals surface area contributed by atoms with Gasteiger partial charge in [-0.2, -0.15) is 0 Å². The van der Waals surface area contributed by atoms with Gasteiger partial charge in [0.25, 0.3) is 0 Å². The minimum Gasteiger partial charge on any atom is -0.385 e. The maximum absolute atomic E-state index is 13.3. The van der Waals surface area contributed by atoms with Gasteiger partial charge < -0.3 is 5.11 Å². The van der Waals surface area contributed by atoms with Gasteiger partial charge in [0.1, 0.15) is 5.82 Å². The van der Waals surface area contributed by atoms with Crippen LogP contribution in [0.1, 0.15) is 31.2 Å². The van der Waals surface area contributed by atoms with E-state index >= 15 is 0 Å². The third-order valence-corrected chi connectivity index (χ3v) is 4.84. The molecule has 2 fully saturated rings. The summed E-state index contributed by atoms with van der Waals surface area (Å²) < 4.78 is 14.1. The van der Waals surface area contributed by atoms with E-state index < -0.39 is 5.60 Å². The highest BCUT2D eigenvalue weighted by atomic mass is 79.9. The van der Waals surface area contributed by atoms with Gasteiger partial charge in [0, 0.05) is 10.0 Å². The molecule has 1 nitrogen and oxygen atoms in total. The van der Waals surface area contributed by atoms with Gasteiger partial charge in [-0.05, 0) is 42.9 Å². The Bertz CT molecular complexity index is 420. The average Bonchev–Trinajstić information content (AvgIpc) is 2.90. The molecule has 0 radical (unpaired) electrons. The Morgan fingerprint density at radius 2 is 1.88 bits per heavy atom. The molecule has 0 aromatic heterocycles. The summed E-state index contributed by atoms with van der Waals surface area (Å²) in [5.74, 6) is 0.425. The smallest absolute Gasteiger partial charge is 0.123 e. The number of rotatable bonds is 1. The lowest BCUT2D eigenvalue weighted by molar-refractivity contribution is 0.117. The van der Waals surface area contributed by atoms with Gasteiger partial charge in [0.15, 0.2) is 0 Å². The lowest BCUT2D eigenvalue weighted by Crippen LogP contribution is -2.11. The summed E-state index contributed by atoms with van der Waals surface area (Å²) in [5.41, 5.74) is -0.0262. The SMILES string of the molecule is OC1(c2cc(F)ccc2Br)C2CCCCC21. The summed E-state index contributed by atoms with van der Waals surface area (Å²) in [6.07, 6.45) is 4.53. The molecule has 2 unspecified atom stereocenters. The first-order chi connectivity index (χ1) is 7.64. The minimum atomic E-state index is -0.766. The fraction of sp³-hybridized carbons (Fsp3) is 0.538. The van der Waals surface area contributed by atoms with Crippen molar-refractivity contribution in [3.8, 4) is 0 Å². The molecule has 0 saturated heterocycles. The number of hydrogen-bond acceptors (Lipinski definition) is 1. The molecule has 3 rings (SSSR count). The fourth-order valence-corrected chi connectivity index (χ4v) is 3.86. The predicted octanol–water partition coefficient (Wildman–Crippen LogP) is 3.60. The Labute approximate surface area is 103 Å². The molecule has 1 N–H and O–H groups in total. The Morgan fingerprint density at radius 1 is 1.25 bits per heavy atom. The Balaban J connectivity index is 2.01. The largest absolute Gasteiger partial charge is 0.385 e. The van der Waals surface area contributed by atoms with Crippen LogP contribution in [0.3, 0.4) is 0 Å². The van der Waals surface area contributed by atoms with Crippen molar-refractivity contribution in [2.75, 3.05) is 0 Å².